The first-order valence-corrected chi connectivity index (χ1v) is 15.3. The van der Waals surface area contributed by atoms with Crippen molar-refractivity contribution in [3.05, 3.63) is 146 Å². The number of pyridine rings is 1. The number of rotatable bonds is 3. The molecule has 0 saturated carbocycles. The maximum absolute atomic E-state index is 5.09. The van der Waals surface area contributed by atoms with Crippen LogP contribution in [0, 0.1) is 0 Å². The number of hydrogen-bond acceptors (Lipinski definition) is 4. The van der Waals surface area contributed by atoms with Gasteiger partial charge < -0.3 is 0 Å². The molecule has 0 spiro atoms. The van der Waals surface area contributed by atoms with Crippen molar-refractivity contribution in [2.75, 3.05) is 0 Å². The number of fused-ring (bicyclic) bond motifs is 11. The van der Waals surface area contributed by atoms with Gasteiger partial charge >= 0.3 is 0 Å². The van der Waals surface area contributed by atoms with Crippen LogP contribution in [0.4, 0.5) is 0 Å². The Morgan fingerprint density at radius 1 is 0.413 bits per heavy atom. The summed E-state index contributed by atoms with van der Waals surface area (Å²) >= 11 is 0. The first kappa shape index (κ1) is 25.0. The molecule has 0 aliphatic rings. The van der Waals surface area contributed by atoms with Gasteiger partial charge in [0.25, 0.3) is 0 Å². The Kier molecular flexibility index (Phi) is 5.19. The maximum Gasteiger partial charge on any atom is 0.238 e. The molecule has 0 aliphatic heterocycles. The molecule has 0 radical (unpaired) electrons. The summed E-state index contributed by atoms with van der Waals surface area (Å²) in [5, 5.41) is 5.78. The first-order chi connectivity index (χ1) is 22.8. The summed E-state index contributed by atoms with van der Waals surface area (Å²) in [6.07, 6.45) is 1.61. The largest absolute Gasteiger partial charge is 0.292 e. The summed E-state index contributed by atoms with van der Waals surface area (Å²) < 4.78 is 4.46. The Balaban J connectivity index is 1.27. The predicted molar refractivity (Wildman–Crippen MR) is 186 cm³/mol. The number of aromatic nitrogens is 6. The van der Waals surface area contributed by atoms with Gasteiger partial charge in [0.15, 0.2) is 5.82 Å². The molecule has 0 N–H and O–H groups in total. The van der Waals surface area contributed by atoms with Gasteiger partial charge in [-0.15, -0.1) is 0 Å². The van der Waals surface area contributed by atoms with Crippen molar-refractivity contribution in [1.82, 2.24) is 28.9 Å². The summed E-state index contributed by atoms with van der Waals surface area (Å²) in [5.74, 6) is 1.21. The van der Waals surface area contributed by atoms with E-state index < -0.39 is 0 Å². The molecular weight excluding hydrogens is 564 g/mol. The predicted octanol–water partition coefficient (Wildman–Crippen LogP) is 9.41. The van der Waals surface area contributed by atoms with Crippen molar-refractivity contribution in [2.45, 2.75) is 0 Å². The lowest BCUT2D eigenvalue weighted by Crippen LogP contribution is -2.03. The Hall–Kier alpha value is -6.40. The van der Waals surface area contributed by atoms with Gasteiger partial charge in [-0.05, 0) is 52.9 Å². The van der Waals surface area contributed by atoms with Gasteiger partial charge in [-0.3, -0.25) is 8.97 Å². The molecule has 0 unspecified atom stereocenters. The van der Waals surface area contributed by atoms with E-state index in [4.69, 9.17) is 15.0 Å². The fourth-order valence-electron chi connectivity index (χ4n) is 6.99. The van der Waals surface area contributed by atoms with Gasteiger partial charge in [0, 0.05) is 27.1 Å². The summed E-state index contributed by atoms with van der Waals surface area (Å²) in [7, 11) is 0. The van der Waals surface area contributed by atoms with E-state index >= 15 is 0 Å². The molecule has 6 aromatic carbocycles. The van der Waals surface area contributed by atoms with Crippen molar-refractivity contribution in [1.29, 1.82) is 0 Å². The average molecular weight is 589 g/mol. The van der Waals surface area contributed by atoms with Crippen LogP contribution in [0.2, 0.25) is 0 Å². The lowest BCUT2D eigenvalue weighted by Gasteiger charge is -2.11. The van der Waals surface area contributed by atoms with Crippen LogP contribution in [0.1, 0.15) is 0 Å². The molecule has 4 heterocycles. The topological polar surface area (TPSA) is 60.9 Å². The molecule has 6 nitrogen and oxygen atoms in total. The van der Waals surface area contributed by atoms with Crippen molar-refractivity contribution >= 4 is 60.2 Å². The zero-order chi connectivity index (χ0) is 30.2. The van der Waals surface area contributed by atoms with Gasteiger partial charge in [-0.1, -0.05) is 103 Å². The summed E-state index contributed by atoms with van der Waals surface area (Å²) in [5.41, 5.74) is 9.37. The molecule has 10 rings (SSSR count). The summed E-state index contributed by atoms with van der Waals surface area (Å²) in [6.45, 7) is 0. The molecule has 10 aromatic rings. The number of imidazole rings is 1. The van der Waals surface area contributed by atoms with Crippen LogP contribution in [0.15, 0.2) is 146 Å². The number of hydrogen-bond donors (Lipinski definition) is 0. The second-order valence-electron chi connectivity index (χ2n) is 11.6. The van der Waals surface area contributed by atoms with Crippen molar-refractivity contribution in [3.63, 3.8) is 0 Å². The van der Waals surface area contributed by atoms with E-state index in [2.05, 4.69) is 141 Å². The summed E-state index contributed by atoms with van der Waals surface area (Å²) in [6, 6.07) is 48.7. The van der Waals surface area contributed by atoms with Gasteiger partial charge in [0.05, 0.1) is 27.6 Å². The number of nitrogens with zero attached hydrogens (tertiary/aromatic N) is 6. The minimum Gasteiger partial charge on any atom is -0.292 e. The molecule has 46 heavy (non-hydrogen) atoms. The highest BCUT2D eigenvalue weighted by Gasteiger charge is 2.19. The SMILES string of the molecule is c1ccc(-c2cccc(-c3ncnc(-n4c5ccccc5c5cc6c7ccccc7c7nc8ccccc8n7c6cc54)n3)c2)cc1. The fourth-order valence-corrected chi connectivity index (χ4v) is 6.99. The highest BCUT2D eigenvalue weighted by Crippen LogP contribution is 2.39. The Labute approximate surface area is 262 Å². The third-order valence-electron chi connectivity index (χ3n) is 9.04. The van der Waals surface area contributed by atoms with Crippen LogP contribution >= 0.6 is 0 Å². The standard InChI is InChI=1S/C40H24N6/c1-2-11-25(12-3-1)26-13-10-14-27(21-26)38-41-24-42-40(44-38)46-34-19-8-6-16-29(34)32-22-31-28-15-4-5-17-30(28)39-43-33-18-7-9-20-35(33)45(39)36(31)23-37(32)46/h1-24H. The van der Waals surface area contributed by atoms with E-state index in [1.165, 1.54) is 10.8 Å². The second-order valence-corrected chi connectivity index (χ2v) is 11.6. The molecule has 0 bridgehead atoms. The Morgan fingerprint density at radius 3 is 2.00 bits per heavy atom. The minimum absolute atomic E-state index is 0.577. The van der Waals surface area contributed by atoms with E-state index in [9.17, 15) is 0 Å². The van der Waals surface area contributed by atoms with E-state index in [0.29, 0.717) is 11.8 Å². The first-order valence-electron chi connectivity index (χ1n) is 15.3. The third kappa shape index (κ3) is 3.58. The van der Waals surface area contributed by atoms with Crippen LogP contribution in [-0.4, -0.2) is 28.9 Å². The molecular formula is C40H24N6. The van der Waals surface area contributed by atoms with E-state index in [0.717, 1.165) is 66.1 Å². The highest BCUT2D eigenvalue weighted by atomic mass is 15.2. The van der Waals surface area contributed by atoms with Crippen molar-refractivity contribution in [2.24, 2.45) is 0 Å². The van der Waals surface area contributed by atoms with Crippen LogP contribution in [0.25, 0.3) is 88.6 Å². The maximum atomic E-state index is 5.09. The average Bonchev–Trinajstić information content (AvgIpc) is 3.68. The van der Waals surface area contributed by atoms with Gasteiger partial charge in [0.1, 0.15) is 12.0 Å². The van der Waals surface area contributed by atoms with Gasteiger partial charge in [0.2, 0.25) is 5.95 Å². The second kappa shape index (κ2) is 9.55. The molecule has 0 atom stereocenters. The third-order valence-corrected chi connectivity index (χ3v) is 9.04. The number of benzene rings is 6. The van der Waals surface area contributed by atoms with Crippen LogP contribution in [0.3, 0.4) is 0 Å². The van der Waals surface area contributed by atoms with Gasteiger partial charge in [-0.2, -0.15) is 4.98 Å². The molecule has 4 aromatic heterocycles. The van der Waals surface area contributed by atoms with Crippen LogP contribution < -0.4 is 0 Å². The van der Waals surface area contributed by atoms with Crippen LogP contribution in [-0.2, 0) is 0 Å². The zero-order valence-corrected chi connectivity index (χ0v) is 24.5. The van der Waals surface area contributed by atoms with Crippen LogP contribution in [0.5, 0.6) is 0 Å². The Bertz CT molecular complexity index is 2810. The number of para-hydroxylation sites is 3. The van der Waals surface area contributed by atoms with Crippen molar-refractivity contribution < 1.29 is 0 Å². The zero-order valence-electron chi connectivity index (χ0n) is 24.5. The molecule has 6 heteroatoms. The van der Waals surface area contributed by atoms with E-state index in [-0.39, 0.29) is 0 Å². The van der Waals surface area contributed by atoms with Crippen molar-refractivity contribution in [3.8, 4) is 28.5 Å². The van der Waals surface area contributed by atoms with Gasteiger partial charge in [-0.25, -0.2) is 15.0 Å². The highest BCUT2D eigenvalue weighted by molar-refractivity contribution is 6.20. The Morgan fingerprint density at radius 2 is 1.11 bits per heavy atom. The molecule has 0 amide bonds. The fraction of sp³-hybridized carbons (Fsp3) is 0. The quantitative estimate of drug-likeness (QED) is 0.193. The smallest absolute Gasteiger partial charge is 0.238 e. The summed E-state index contributed by atoms with van der Waals surface area (Å²) in [4.78, 5) is 19.5. The molecule has 0 saturated heterocycles. The normalized spacial score (nSPS) is 11.9. The molecule has 0 fully saturated rings. The van der Waals surface area contributed by atoms with E-state index in [1.807, 2.05) is 12.1 Å². The molecule has 214 valence electrons. The van der Waals surface area contributed by atoms with E-state index in [1.54, 1.807) is 6.33 Å². The lowest BCUT2D eigenvalue weighted by molar-refractivity contribution is 0.947. The minimum atomic E-state index is 0.577. The lowest BCUT2D eigenvalue weighted by atomic mass is 10.0. The monoisotopic (exact) mass is 588 g/mol. The molecule has 0 aliphatic carbocycles.